The third kappa shape index (κ3) is 3.72. The Labute approximate surface area is 140 Å². The summed E-state index contributed by atoms with van der Waals surface area (Å²) in [5.74, 6) is -0.944. The van der Waals surface area contributed by atoms with Gasteiger partial charge in [0.25, 0.3) is 0 Å². The molecule has 0 N–H and O–H groups in total. The smallest absolute Gasteiger partial charge is 0.162 e. The zero-order valence-corrected chi connectivity index (χ0v) is 14.0. The molecule has 0 bridgehead atoms. The summed E-state index contributed by atoms with van der Waals surface area (Å²) < 4.78 is 32.0. The Morgan fingerprint density at radius 2 is 1.83 bits per heavy atom. The van der Waals surface area contributed by atoms with E-state index in [-0.39, 0.29) is 5.75 Å². The molecule has 0 radical (unpaired) electrons. The number of rotatable bonds is 5. The van der Waals surface area contributed by atoms with Gasteiger partial charge in [-0.25, -0.2) is 13.8 Å². The highest BCUT2D eigenvalue weighted by molar-refractivity contribution is 5.65. The molecule has 0 aliphatic heterocycles. The highest BCUT2D eigenvalue weighted by atomic mass is 19.2. The fourth-order valence-electron chi connectivity index (χ4n) is 2.42. The minimum Gasteiger partial charge on any atom is -0.457 e. The van der Waals surface area contributed by atoms with Crippen LogP contribution in [-0.2, 0) is 0 Å². The van der Waals surface area contributed by atoms with Crippen LogP contribution in [0.2, 0.25) is 0 Å². The Morgan fingerprint density at radius 3 is 2.50 bits per heavy atom. The van der Waals surface area contributed by atoms with Gasteiger partial charge in [-0.2, -0.15) is 0 Å². The SMILES string of the molecule is Cc1cc(Oc2ccc(F)c(F)c2)c(C)cc1N=CN(C)C1CC1. The second-order valence-corrected chi connectivity index (χ2v) is 6.22. The molecule has 24 heavy (non-hydrogen) atoms. The van der Waals surface area contributed by atoms with Crippen molar-refractivity contribution < 1.29 is 13.5 Å². The van der Waals surface area contributed by atoms with Crippen molar-refractivity contribution in [1.82, 2.24) is 4.90 Å². The second kappa shape index (κ2) is 6.59. The monoisotopic (exact) mass is 330 g/mol. The van der Waals surface area contributed by atoms with Crippen LogP contribution in [0.25, 0.3) is 0 Å². The Morgan fingerprint density at radius 1 is 1.08 bits per heavy atom. The van der Waals surface area contributed by atoms with Crippen molar-refractivity contribution in [2.75, 3.05) is 7.05 Å². The lowest BCUT2D eigenvalue weighted by atomic mass is 10.1. The maximum absolute atomic E-state index is 13.3. The standard InChI is InChI=1S/C19H20F2N2O/c1-12-9-19(24-15-6-7-16(20)17(21)10-15)13(2)8-18(12)22-11-23(3)14-4-5-14/h6-11,14H,4-5H2,1-3H3. The fraction of sp³-hybridized carbons (Fsp3) is 0.316. The number of aliphatic imine (C=N–C) groups is 1. The predicted octanol–water partition coefficient (Wildman–Crippen LogP) is 5.13. The van der Waals surface area contributed by atoms with Gasteiger partial charge in [-0.05, 0) is 62.1 Å². The van der Waals surface area contributed by atoms with Crippen LogP contribution in [0.4, 0.5) is 14.5 Å². The Kier molecular flexibility index (Phi) is 4.51. The largest absolute Gasteiger partial charge is 0.457 e. The molecule has 5 heteroatoms. The van der Waals surface area contributed by atoms with Gasteiger partial charge < -0.3 is 9.64 Å². The lowest BCUT2D eigenvalue weighted by Crippen LogP contribution is -2.17. The van der Waals surface area contributed by atoms with E-state index in [9.17, 15) is 8.78 Å². The predicted molar refractivity (Wildman–Crippen MR) is 91.3 cm³/mol. The minimum absolute atomic E-state index is 0.265. The van der Waals surface area contributed by atoms with Crippen LogP contribution >= 0.6 is 0 Å². The third-order valence-corrected chi connectivity index (χ3v) is 4.11. The molecule has 126 valence electrons. The molecule has 0 amide bonds. The summed E-state index contributed by atoms with van der Waals surface area (Å²) >= 11 is 0. The summed E-state index contributed by atoms with van der Waals surface area (Å²) in [5, 5.41) is 0. The normalized spacial score (nSPS) is 14.2. The van der Waals surface area contributed by atoms with E-state index < -0.39 is 11.6 Å². The van der Waals surface area contributed by atoms with E-state index in [1.54, 1.807) is 0 Å². The number of hydrogen-bond acceptors (Lipinski definition) is 2. The van der Waals surface area contributed by atoms with E-state index in [2.05, 4.69) is 9.89 Å². The zero-order chi connectivity index (χ0) is 17.3. The molecule has 0 saturated heterocycles. The number of benzene rings is 2. The number of nitrogens with zero attached hydrogens (tertiary/aromatic N) is 2. The van der Waals surface area contributed by atoms with Gasteiger partial charge in [0, 0.05) is 19.2 Å². The van der Waals surface area contributed by atoms with E-state index in [1.807, 2.05) is 39.4 Å². The molecule has 0 aromatic heterocycles. The minimum atomic E-state index is -0.925. The second-order valence-electron chi connectivity index (χ2n) is 6.22. The summed E-state index contributed by atoms with van der Waals surface area (Å²) in [5.41, 5.74) is 2.71. The highest BCUT2D eigenvalue weighted by Gasteiger charge is 2.24. The molecule has 3 rings (SSSR count). The topological polar surface area (TPSA) is 24.8 Å². The molecule has 1 fully saturated rings. The molecular formula is C19H20F2N2O. The lowest BCUT2D eigenvalue weighted by Gasteiger charge is -2.13. The first kappa shape index (κ1) is 16.4. The molecule has 3 nitrogen and oxygen atoms in total. The average molecular weight is 330 g/mol. The average Bonchev–Trinajstić information content (AvgIpc) is 3.37. The van der Waals surface area contributed by atoms with Crippen LogP contribution in [0.15, 0.2) is 35.3 Å². The van der Waals surface area contributed by atoms with Crippen molar-refractivity contribution in [3.63, 3.8) is 0 Å². The number of halogens is 2. The Balaban J connectivity index is 1.79. The molecule has 0 spiro atoms. The van der Waals surface area contributed by atoms with E-state index in [1.165, 1.54) is 18.9 Å². The summed E-state index contributed by atoms with van der Waals surface area (Å²) in [6, 6.07) is 7.91. The van der Waals surface area contributed by atoms with Crippen LogP contribution in [0, 0.1) is 25.5 Å². The molecule has 1 aliphatic rings. The third-order valence-electron chi connectivity index (χ3n) is 4.11. The van der Waals surface area contributed by atoms with Gasteiger partial charge in [0.15, 0.2) is 11.6 Å². The van der Waals surface area contributed by atoms with Gasteiger partial charge in [0.1, 0.15) is 11.5 Å². The Hall–Kier alpha value is -2.43. The molecule has 2 aromatic carbocycles. The lowest BCUT2D eigenvalue weighted by molar-refractivity contribution is 0.459. The van der Waals surface area contributed by atoms with Gasteiger partial charge >= 0.3 is 0 Å². The van der Waals surface area contributed by atoms with E-state index in [0.29, 0.717) is 11.8 Å². The molecule has 0 atom stereocenters. The Bertz CT molecular complexity index is 785. The number of hydrogen-bond donors (Lipinski definition) is 0. The summed E-state index contributed by atoms with van der Waals surface area (Å²) in [6.07, 6.45) is 4.30. The van der Waals surface area contributed by atoms with Crippen molar-refractivity contribution in [1.29, 1.82) is 0 Å². The number of ether oxygens (including phenoxy) is 1. The van der Waals surface area contributed by atoms with Crippen LogP contribution in [0.5, 0.6) is 11.5 Å². The van der Waals surface area contributed by atoms with Crippen molar-refractivity contribution in [2.24, 2.45) is 4.99 Å². The van der Waals surface area contributed by atoms with Gasteiger partial charge in [-0.3, -0.25) is 0 Å². The first-order chi connectivity index (χ1) is 11.4. The fourth-order valence-corrected chi connectivity index (χ4v) is 2.42. The van der Waals surface area contributed by atoms with Gasteiger partial charge in [0.05, 0.1) is 12.0 Å². The highest BCUT2D eigenvalue weighted by Crippen LogP contribution is 2.32. The van der Waals surface area contributed by atoms with Crippen molar-refractivity contribution >= 4 is 12.0 Å². The van der Waals surface area contributed by atoms with Gasteiger partial charge in [0.2, 0.25) is 0 Å². The first-order valence-corrected chi connectivity index (χ1v) is 7.94. The van der Waals surface area contributed by atoms with E-state index >= 15 is 0 Å². The maximum Gasteiger partial charge on any atom is 0.162 e. The molecule has 2 aromatic rings. The molecule has 1 saturated carbocycles. The van der Waals surface area contributed by atoms with E-state index in [0.717, 1.165) is 28.9 Å². The summed E-state index contributed by atoms with van der Waals surface area (Å²) in [7, 11) is 2.03. The quantitative estimate of drug-likeness (QED) is 0.561. The van der Waals surface area contributed by atoms with Crippen LogP contribution in [0.1, 0.15) is 24.0 Å². The molecule has 1 aliphatic carbocycles. The molecular weight excluding hydrogens is 310 g/mol. The number of aryl methyl sites for hydroxylation is 2. The van der Waals surface area contributed by atoms with E-state index in [4.69, 9.17) is 4.74 Å². The summed E-state index contributed by atoms with van der Waals surface area (Å²) in [4.78, 5) is 6.66. The first-order valence-electron chi connectivity index (χ1n) is 7.94. The van der Waals surface area contributed by atoms with Crippen LogP contribution in [0.3, 0.4) is 0 Å². The van der Waals surface area contributed by atoms with Crippen molar-refractivity contribution in [2.45, 2.75) is 32.7 Å². The van der Waals surface area contributed by atoms with Gasteiger partial charge in [-0.15, -0.1) is 0 Å². The van der Waals surface area contributed by atoms with Gasteiger partial charge in [-0.1, -0.05) is 0 Å². The molecule has 0 unspecified atom stereocenters. The molecule has 0 heterocycles. The van der Waals surface area contributed by atoms with Crippen molar-refractivity contribution in [3.05, 3.63) is 53.1 Å². The maximum atomic E-state index is 13.3. The van der Waals surface area contributed by atoms with Crippen LogP contribution < -0.4 is 4.74 Å². The summed E-state index contributed by atoms with van der Waals surface area (Å²) in [6.45, 7) is 3.85. The van der Waals surface area contributed by atoms with Crippen LogP contribution in [-0.4, -0.2) is 24.3 Å². The van der Waals surface area contributed by atoms with Crippen molar-refractivity contribution in [3.8, 4) is 11.5 Å². The zero-order valence-electron chi connectivity index (χ0n) is 14.0.